The number of hydrogen-bond donors (Lipinski definition) is 5. The first kappa shape index (κ1) is 36.1. The Bertz CT molecular complexity index is 1380. The van der Waals surface area contributed by atoms with E-state index in [0.717, 1.165) is 36.0 Å². The fourth-order valence-electron chi connectivity index (χ4n) is 3.80. The van der Waals surface area contributed by atoms with E-state index in [9.17, 15) is 22.8 Å². The van der Waals surface area contributed by atoms with Gasteiger partial charge in [0.15, 0.2) is 5.96 Å². The van der Waals surface area contributed by atoms with Crippen molar-refractivity contribution in [1.82, 2.24) is 10.6 Å². The van der Waals surface area contributed by atoms with Gasteiger partial charge in [-0.05, 0) is 40.8 Å². The van der Waals surface area contributed by atoms with Crippen LogP contribution in [0.5, 0.6) is 5.75 Å². The zero-order valence-corrected chi connectivity index (χ0v) is 24.8. The Balaban J connectivity index is 0.000000900. The standard InChI is InChI=1S/C30H37N5O3.C2HF3O2/c1-2-3-5-10-27(36)35-28(25-15-17-26(18-16-25)38-21-24-8-6-4-7-9-24)29(37)33-19-22-11-13-23(14-12-22)20-34-30(31)32;3-2(4,5)1(6)7/h4,6-9,11-18,28H,2-3,5,10,19-21H2,1H3,(H,33,37)(H,35,36)(H4,31,32,34);(H,6,7)/t28-;/m0./s1. The summed E-state index contributed by atoms with van der Waals surface area (Å²) in [5.41, 5.74) is 14.4. The molecule has 0 aliphatic heterocycles. The number of nitrogens with two attached hydrogens (primary N) is 2. The van der Waals surface area contributed by atoms with Crippen LogP contribution in [-0.4, -0.2) is 35.0 Å². The smallest absolute Gasteiger partial charge is 0.489 e. The van der Waals surface area contributed by atoms with Crippen LogP contribution in [0.2, 0.25) is 0 Å². The molecule has 0 aliphatic rings. The number of nitrogens with zero attached hydrogens (tertiary/aromatic N) is 1. The molecule has 10 nitrogen and oxygen atoms in total. The largest absolute Gasteiger partial charge is 0.490 e. The van der Waals surface area contributed by atoms with E-state index in [-0.39, 0.29) is 17.8 Å². The van der Waals surface area contributed by atoms with Crippen LogP contribution in [0, 0.1) is 0 Å². The molecule has 0 heterocycles. The van der Waals surface area contributed by atoms with Crippen LogP contribution in [0.3, 0.4) is 0 Å². The Hall–Kier alpha value is -5.07. The predicted octanol–water partition coefficient (Wildman–Crippen LogP) is 4.73. The van der Waals surface area contributed by atoms with Crippen molar-refractivity contribution in [2.45, 2.75) is 64.5 Å². The number of carboxylic acids is 1. The number of carbonyl (C=O) groups is 3. The molecule has 0 aromatic heterocycles. The summed E-state index contributed by atoms with van der Waals surface area (Å²) >= 11 is 0. The van der Waals surface area contributed by atoms with E-state index in [1.807, 2.05) is 78.9 Å². The Morgan fingerprint density at radius 2 is 1.49 bits per heavy atom. The maximum Gasteiger partial charge on any atom is 0.490 e. The number of rotatable bonds is 14. The Kier molecular flexibility index (Phi) is 14.9. The lowest BCUT2D eigenvalue weighted by Gasteiger charge is -2.19. The molecular formula is C32H38F3N5O5. The molecule has 0 saturated heterocycles. The third-order valence-corrected chi connectivity index (χ3v) is 6.21. The second kappa shape index (κ2) is 18.6. The summed E-state index contributed by atoms with van der Waals surface area (Å²) in [7, 11) is 0. The first-order chi connectivity index (χ1) is 21.4. The minimum atomic E-state index is -5.08. The summed E-state index contributed by atoms with van der Waals surface area (Å²) < 4.78 is 37.6. The second-order valence-corrected chi connectivity index (χ2v) is 9.88. The topological polar surface area (TPSA) is 169 Å². The molecular weight excluding hydrogens is 591 g/mol. The first-order valence-electron chi connectivity index (χ1n) is 14.2. The maximum absolute atomic E-state index is 13.2. The number of benzene rings is 3. The number of carboxylic acid groups (broad SMARTS) is 1. The van der Waals surface area contributed by atoms with Crippen molar-refractivity contribution in [3.8, 4) is 5.75 Å². The zero-order valence-electron chi connectivity index (χ0n) is 24.8. The van der Waals surface area contributed by atoms with E-state index < -0.39 is 18.2 Å². The number of unbranched alkanes of at least 4 members (excludes halogenated alkanes) is 2. The van der Waals surface area contributed by atoms with Gasteiger partial charge in [-0.25, -0.2) is 9.79 Å². The van der Waals surface area contributed by atoms with E-state index in [1.165, 1.54) is 0 Å². The third kappa shape index (κ3) is 14.3. The Morgan fingerprint density at radius 1 is 0.889 bits per heavy atom. The molecule has 0 fully saturated rings. The van der Waals surface area contributed by atoms with E-state index in [2.05, 4.69) is 22.5 Å². The van der Waals surface area contributed by atoms with Crippen LogP contribution in [0.15, 0.2) is 83.9 Å². The van der Waals surface area contributed by atoms with Gasteiger partial charge in [0, 0.05) is 13.0 Å². The molecule has 1 atom stereocenters. The predicted molar refractivity (Wildman–Crippen MR) is 164 cm³/mol. The van der Waals surface area contributed by atoms with Gasteiger partial charge in [0.05, 0.1) is 6.54 Å². The van der Waals surface area contributed by atoms with Crippen molar-refractivity contribution in [3.63, 3.8) is 0 Å². The van der Waals surface area contributed by atoms with Gasteiger partial charge in [0.25, 0.3) is 0 Å². The fourth-order valence-corrected chi connectivity index (χ4v) is 3.80. The third-order valence-electron chi connectivity index (χ3n) is 6.21. The molecule has 13 heteroatoms. The van der Waals surface area contributed by atoms with Crippen LogP contribution in [0.25, 0.3) is 0 Å². The van der Waals surface area contributed by atoms with E-state index in [0.29, 0.717) is 37.4 Å². The highest BCUT2D eigenvalue weighted by Gasteiger charge is 2.38. The number of aliphatic carboxylic acids is 1. The minimum Gasteiger partial charge on any atom is -0.489 e. The second-order valence-electron chi connectivity index (χ2n) is 9.88. The van der Waals surface area contributed by atoms with Crippen molar-refractivity contribution in [2.24, 2.45) is 16.5 Å². The van der Waals surface area contributed by atoms with Gasteiger partial charge < -0.3 is 31.9 Å². The summed E-state index contributed by atoms with van der Waals surface area (Å²) in [5.74, 6) is -2.46. The molecule has 242 valence electrons. The number of hydrogen-bond acceptors (Lipinski definition) is 5. The Morgan fingerprint density at radius 3 is 2.04 bits per heavy atom. The average molecular weight is 630 g/mol. The van der Waals surface area contributed by atoms with Crippen LogP contribution in [0.1, 0.15) is 60.9 Å². The van der Waals surface area contributed by atoms with Crippen LogP contribution in [-0.2, 0) is 34.1 Å². The number of ether oxygens (including phenoxy) is 1. The van der Waals surface area contributed by atoms with Crippen molar-refractivity contribution in [2.75, 3.05) is 0 Å². The molecule has 2 amide bonds. The molecule has 3 rings (SSSR count). The summed E-state index contributed by atoms with van der Waals surface area (Å²) in [5, 5.41) is 13.0. The SMILES string of the molecule is CCCCCC(=O)N[C@H](C(=O)NCc1ccc(CN=C(N)N)cc1)c1ccc(OCc2ccccc2)cc1.O=C(O)C(F)(F)F. The molecule has 0 bridgehead atoms. The van der Waals surface area contributed by atoms with Crippen molar-refractivity contribution >= 4 is 23.7 Å². The lowest BCUT2D eigenvalue weighted by atomic mass is 10.0. The highest BCUT2D eigenvalue weighted by Crippen LogP contribution is 2.20. The van der Waals surface area contributed by atoms with E-state index >= 15 is 0 Å². The molecule has 0 radical (unpaired) electrons. The number of nitrogens with one attached hydrogen (secondary N) is 2. The number of carbonyl (C=O) groups excluding carboxylic acids is 2. The monoisotopic (exact) mass is 629 g/mol. The lowest BCUT2D eigenvalue weighted by molar-refractivity contribution is -0.192. The lowest BCUT2D eigenvalue weighted by Crippen LogP contribution is -2.40. The highest BCUT2D eigenvalue weighted by molar-refractivity contribution is 5.88. The van der Waals surface area contributed by atoms with E-state index in [1.54, 1.807) is 0 Å². The van der Waals surface area contributed by atoms with Crippen LogP contribution < -0.4 is 26.8 Å². The van der Waals surface area contributed by atoms with Gasteiger partial charge in [-0.2, -0.15) is 13.2 Å². The van der Waals surface area contributed by atoms with Crippen molar-refractivity contribution < 1.29 is 37.4 Å². The quantitative estimate of drug-likeness (QED) is 0.0976. The van der Waals surface area contributed by atoms with Gasteiger partial charge >= 0.3 is 12.1 Å². The molecule has 0 saturated carbocycles. The normalized spacial score (nSPS) is 11.3. The molecule has 0 spiro atoms. The number of amides is 2. The minimum absolute atomic E-state index is 0.0416. The average Bonchev–Trinajstić information content (AvgIpc) is 3.02. The van der Waals surface area contributed by atoms with Crippen LogP contribution >= 0.6 is 0 Å². The van der Waals surface area contributed by atoms with Crippen molar-refractivity contribution in [1.29, 1.82) is 0 Å². The zero-order chi connectivity index (χ0) is 33.2. The fraction of sp³-hybridized carbons (Fsp3) is 0.312. The summed E-state index contributed by atoms with van der Waals surface area (Å²) in [6, 6.07) is 24.0. The van der Waals surface area contributed by atoms with Gasteiger partial charge in [0.1, 0.15) is 18.4 Å². The maximum atomic E-state index is 13.2. The molecule has 3 aromatic carbocycles. The summed E-state index contributed by atoms with van der Waals surface area (Å²) in [4.78, 5) is 38.7. The number of halogens is 3. The number of alkyl halides is 3. The van der Waals surface area contributed by atoms with Crippen LogP contribution in [0.4, 0.5) is 13.2 Å². The number of aliphatic imine (C=N–C) groups is 1. The van der Waals surface area contributed by atoms with Gasteiger partial charge in [-0.15, -0.1) is 0 Å². The highest BCUT2D eigenvalue weighted by atomic mass is 19.4. The summed E-state index contributed by atoms with van der Waals surface area (Å²) in [6.07, 6.45) is -1.93. The van der Waals surface area contributed by atoms with E-state index in [4.69, 9.17) is 26.1 Å². The number of guanidine groups is 1. The molecule has 0 unspecified atom stereocenters. The first-order valence-corrected chi connectivity index (χ1v) is 14.2. The van der Waals surface area contributed by atoms with Crippen molar-refractivity contribution in [3.05, 3.63) is 101 Å². The van der Waals surface area contributed by atoms with Gasteiger partial charge in [-0.1, -0.05) is 86.5 Å². The molecule has 3 aromatic rings. The van der Waals surface area contributed by atoms with Gasteiger partial charge in [-0.3, -0.25) is 9.59 Å². The molecule has 7 N–H and O–H groups in total. The molecule has 0 aliphatic carbocycles. The summed E-state index contributed by atoms with van der Waals surface area (Å²) in [6.45, 7) is 3.25. The Labute approximate surface area is 259 Å². The van der Waals surface area contributed by atoms with Gasteiger partial charge in [0.2, 0.25) is 11.8 Å². The molecule has 45 heavy (non-hydrogen) atoms.